The van der Waals surface area contributed by atoms with Gasteiger partial charge in [0.25, 0.3) is 11.6 Å². The van der Waals surface area contributed by atoms with E-state index in [0.29, 0.717) is 17.8 Å². The lowest BCUT2D eigenvalue weighted by atomic mass is 9.92. The van der Waals surface area contributed by atoms with Gasteiger partial charge in [-0.25, -0.2) is 9.18 Å². The van der Waals surface area contributed by atoms with E-state index in [4.69, 9.17) is 0 Å². The Balaban J connectivity index is 1.49. The average Bonchev–Trinajstić information content (AvgIpc) is 2.96. The van der Waals surface area contributed by atoms with E-state index in [1.807, 2.05) is 0 Å². The van der Waals surface area contributed by atoms with Gasteiger partial charge >= 0.3 is 6.03 Å². The van der Waals surface area contributed by atoms with Crippen LogP contribution < -0.4 is 16.0 Å². The summed E-state index contributed by atoms with van der Waals surface area (Å²) in [6.45, 7) is 1.57. The number of nitrogens with zero attached hydrogens (tertiary/aromatic N) is 2. The molecule has 31 heavy (non-hydrogen) atoms. The molecule has 3 rings (SSSR count). The van der Waals surface area contributed by atoms with E-state index in [1.54, 1.807) is 12.1 Å². The third-order valence-electron chi connectivity index (χ3n) is 4.85. The first-order valence-corrected chi connectivity index (χ1v) is 9.36. The van der Waals surface area contributed by atoms with Crippen LogP contribution in [0.15, 0.2) is 48.5 Å². The number of nitrogens with one attached hydrogen (secondary N) is 3. The van der Waals surface area contributed by atoms with E-state index >= 15 is 0 Å². The standard InChI is InChI=1S/C20H20FN5O5/c1-20(13-2-4-14(21)5-3-13)18(28)25(19(29)24-20)12-17(27)23-11-10-22-15-6-8-16(9-7-15)26(30)31/h2-9,22H,10-12H2,1H3,(H,23,27)(H,24,29). The number of anilines is 1. The van der Waals surface area contributed by atoms with Gasteiger partial charge in [-0.15, -0.1) is 0 Å². The Morgan fingerprint density at radius 3 is 2.39 bits per heavy atom. The highest BCUT2D eigenvalue weighted by molar-refractivity contribution is 6.09. The molecular formula is C20H20FN5O5. The van der Waals surface area contributed by atoms with Gasteiger partial charge in [-0.05, 0) is 36.8 Å². The number of nitro groups is 1. The number of rotatable bonds is 8. The summed E-state index contributed by atoms with van der Waals surface area (Å²) in [5, 5.41) is 18.8. The number of imide groups is 1. The Kier molecular flexibility index (Phi) is 6.14. The number of urea groups is 1. The molecule has 1 saturated heterocycles. The predicted octanol–water partition coefficient (Wildman–Crippen LogP) is 1.73. The highest BCUT2D eigenvalue weighted by Gasteiger charge is 2.49. The van der Waals surface area contributed by atoms with Crippen molar-refractivity contribution in [3.8, 4) is 0 Å². The zero-order valence-electron chi connectivity index (χ0n) is 16.6. The van der Waals surface area contributed by atoms with Crippen molar-refractivity contribution in [1.82, 2.24) is 15.5 Å². The molecule has 0 saturated carbocycles. The maximum Gasteiger partial charge on any atom is 0.325 e. The first kappa shape index (κ1) is 21.7. The van der Waals surface area contributed by atoms with Gasteiger partial charge in [0.2, 0.25) is 5.91 Å². The molecule has 0 bridgehead atoms. The van der Waals surface area contributed by atoms with Crippen LogP contribution in [0.4, 0.5) is 20.6 Å². The van der Waals surface area contributed by atoms with Crippen LogP contribution in [0.3, 0.4) is 0 Å². The van der Waals surface area contributed by atoms with Crippen LogP contribution in [0, 0.1) is 15.9 Å². The minimum absolute atomic E-state index is 0.0277. The Morgan fingerprint density at radius 2 is 1.77 bits per heavy atom. The SMILES string of the molecule is CC1(c2ccc(F)cc2)NC(=O)N(CC(=O)NCCNc2ccc([N+](=O)[O-])cc2)C1=O. The van der Waals surface area contributed by atoms with Crippen molar-refractivity contribution in [2.75, 3.05) is 25.0 Å². The third kappa shape index (κ3) is 4.77. The van der Waals surface area contributed by atoms with Gasteiger partial charge < -0.3 is 16.0 Å². The van der Waals surface area contributed by atoms with Crippen LogP contribution in [0.25, 0.3) is 0 Å². The summed E-state index contributed by atoms with van der Waals surface area (Å²) >= 11 is 0. The van der Waals surface area contributed by atoms with Gasteiger partial charge in [-0.3, -0.25) is 24.6 Å². The summed E-state index contributed by atoms with van der Waals surface area (Å²) in [7, 11) is 0. The van der Waals surface area contributed by atoms with Gasteiger partial charge in [-0.1, -0.05) is 12.1 Å². The first-order chi connectivity index (χ1) is 14.7. The molecule has 1 heterocycles. The number of non-ortho nitro benzene ring substituents is 1. The zero-order valence-corrected chi connectivity index (χ0v) is 16.6. The number of benzene rings is 2. The largest absolute Gasteiger partial charge is 0.383 e. The minimum Gasteiger partial charge on any atom is -0.383 e. The van der Waals surface area contributed by atoms with Gasteiger partial charge in [0.15, 0.2) is 0 Å². The molecule has 1 aliphatic heterocycles. The molecule has 0 spiro atoms. The lowest BCUT2D eigenvalue weighted by Crippen LogP contribution is -2.43. The number of amides is 4. The molecule has 10 nitrogen and oxygen atoms in total. The van der Waals surface area contributed by atoms with Crippen molar-refractivity contribution >= 4 is 29.2 Å². The molecule has 1 aliphatic rings. The quantitative estimate of drug-likeness (QED) is 0.253. The van der Waals surface area contributed by atoms with Crippen LogP contribution >= 0.6 is 0 Å². The van der Waals surface area contributed by atoms with Crippen molar-refractivity contribution in [3.63, 3.8) is 0 Å². The number of carbonyl (C=O) groups excluding carboxylic acids is 3. The predicted molar refractivity (Wildman–Crippen MR) is 109 cm³/mol. The minimum atomic E-state index is -1.39. The van der Waals surface area contributed by atoms with Gasteiger partial charge in [0.05, 0.1) is 4.92 Å². The first-order valence-electron chi connectivity index (χ1n) is 9.36. The fourth-order valence-corrected chi connectivity index (χ4v) is 3.13. The molecule has 3 N–H and O–H groups in total. The van der Waals surface area contributed by atoms with Gasteiger partial charge in [-0.2, -0.15) is 0 Å². The Hall–Kier alpha value is -4.02. The molecular weight excluding hydrogens is 409 g/mol. The summed E-state index contributed by atoms with van der Waals surface area (Å²) < 4.78 is 13.2. The van der Waals surface area contributed by atoms with Gasteiger partial charge in [0.1, 0.15) is 17.9 Å². The molecule has 2 aromatic rings. The van der Waals surface area contributed by atoms with E-state index in [1.165, 1.54) is 43.3 Å². The van der Waals surface area contributed by atoms with Crippen LogP contribution in [-0.2, 0) is 15.1 Å². The third-order valence-corrected chi connectivity index (χ3v) is 4.85. The van der Waals surface area contributed by atoms with Crippen molar-refractivity contribution in [2.45, 2.75) is 12.5 Å². The van der Waals surface area contributed by atoms with E-state index in [2.05, 4.69) is 16.0 Å². The number of nitro benzene ring substituents is 1. The fourth-order valence-electron chi connectivity index (χ4n) is 3.13. The highest BCUT2D eigenvalue weighted by Crippen LogP contribution is 2.28. The molecule has 11 heteroatoms. The zero-order chi connectivity index (χ0) is 22.6. The average molecular weight is 429 g/mol. The summed E-state index contributed by atoms with van der Waals surface area (Å²) in [5.41, 5.74) is -0.366. The smallest absolute Gasteiger partial charge is 0.325 e. The Bertz CT molecular complexity index is 1010. The number of hydrogen-bond donors (Lipinski definition) is 3. The number of halogens is 1. The summed E-state index contributed by atoms with van der Waals surface area (Å²) in [6.07, 6.45) is 0. The molecule has 4 amide bonds. The number of carbonyl (C=O) groups is 3. The molecule has 0 radical (unpaired) electrons. The molecule has 2 aromatic carbocycles. The summed E-state index contributed by atoms with van der Waals surface area (Å²) in [6, 6.07) is 10.3. The molecule has 1 atom stereocenters. The molecule has 1 fully saturated rings. The molecule has 0 aliphatic carbocycles. The van der Waals surface area contributed by atoms with Crippen molar-refractivity contribution < 1.29 is 23.7 Å². The van der Waals surface area contributed by atoms with E-state index in [0.717, 1.165) is 4.90 Å². The van der Waals surface area contributed by atoms with Crippen LogP contribution in [0.5, 0.6) is 0 Å². The maximum absolute atomic E-state index is 13.2. The van der Waals surface area contributed by atoms with Crippen LogP contribution in [0.1, 0.15) is 12.5 Å². The van der Waals surface area contributed by atoms with Crippen molar-refractivity contribution in [1.29, 1.82) is 0 Å². The highest BCUT2D eigenvalue weighted by atomic mass is 19.1. The Morgan fingerprint density at radius 1 is 1.13 bits per heavy atom. The number of hydrogen-bond acceptors (Lipinski definition) is 6. The van der Waals surface area contributed by atoms with E-state index < -0.39 is 40.7 Å². The van der Waals surface area contributed by atoms with Crippen LogP contribution in [-0.4, -0.2) is 47.3 Å². The van der Waals surface area contributed by atoms with Gasteiger partial charge in [0, 0.05) is 30.9 Å². The lowest BCUT2D eigenvalue weighted by Gasteiger charge is -2.22. The second-order valence-corrected chi connectivity index (χ2v) is 7.03. The molecule has 1 unspecified atom stereocenters. The Labute approximate surface area is 176 Å². The molecule has 162 valence electrons. The monoisotopic (exact) mass is 429 g/mol. The summed E-state index contributed by atoms with van der Waals surface area (Å²) in [5.74, 6) is -1.61. The topological polar surface area (TPSA) is 134 Å². The van der Waals surface area contributed by atoms with E-state index in [9.17, 15) is 28.9 Å². The maximum atomic E-state index is 13.2. The molecule has 0 aromatic heterocycles. The second kappa shape index (κ2) is 8.78. The second-order valence-electron chi connectivity index (χ2n) is 7.03. The van der Waals surface area contributed by atoms with Crippen molar-refractivity contribution in [3.05, 3.63) is 70.0 Å². The fraction of sp³-hybridized carbons (Fsp3) is 0.250. The van der Waals surface area contributed by atoms with E-state index in [-0.39, 0.29) is 12.2 Å². The summed E-state index contributed by atoms with van der Waals surface area (Å²) in [4.78, 5) is 48.1. The van der Waals surface area contributed by atoms with Crippen molar-refractivity contribution in [2.24, 2.45) is 0 Å². The normalized spacial score (nSPS) is 17.9. The van der Waals surface area contributed by atoms with Crippen LogP contribution in [0.2, 0.25) is 0 Å². The lowest BCUT2D eigenvalue weighted by molar-refractivity contribution is -0.384.